The van der Waals surface area contributed by atoms with Crippen molar-refractivity contribution in [2.45, 2.75) is 20.3 Å². The van der Waals surface area contributed by atoms with Crippen molar-refractivity contribution in [3.05, 3.63) is 36.0 Å². The highest BCUT2D eigenvalue weighted by molar-refractivity contribution is 6.21. The van der Waals surface area contributed by atoms with Crippen LogP contribution >= 0.6 is 0 Å². The highest BCUT2D eigenvalue weighted by atomic mass is 16.5. The minimum Gasteiger partial charge on any atom is -0.399 e. The number of nitrogens with zero attached hydrogens (tertiary/aromatic N) is 2. The molecule has 0 unspecified atom stereocenters. The first-order chi connectivity index (χ1) is 11.5. The van der Waals surface area contributed by atoms with Crippen LogP contribution in [0.25, 0.3) is 0 Å². The quantitative estimate of drug-likeness (QED) is 0.324. The average molecular weight is 330 g/mol. The number of ether oxygens (including phenoxy) is 1. The van der Waals surface area contributed by atoms with Crippen molar-refractivity contribution >= 4 is 23.2 Å². The third kappa shape index (κ3) is 5.74. The summed E-state index contributed by atoms with van der Waals surface area (Å²) in [5.74, 6) is -1.17. The van der Waals surface area contributed by atoms with Crippen LogP contribution in [0.4, 0.5) is 11.4 Å². The summed E-state index contributed by atoms with van der Waals surface area (Å²) in [7, 11) is 0. The third-order valence-electron chi connectivity index (χ3n) is 3.08. The summed E-state index contributed by atoms with van der Waals surface area (Å²) in [6.07, 6.45) is 2.06. The molecule has 0 heterocycles. The number of anilines is 2. The maximum atomic E-state index is 12.5. The maximum absolute atomic E-state index is 12.5. The number of benzene rings is 1. The predicted molar refractivity (Wildman–Crippen MR) is 91.8 cm³/mol. The predicted octanol–water partition coefficient (Wildman–Crippen LogP) is 1.57. The van der Waals surface area contributed by atoms with E-state index < -0.39 is 11.8 Å². The lowest BCUT2D eigenvalue weighted by atomic mass is 10.2. The van der Waals surface area contributed by atoms with Crippen LogP contribution in [0.15, 0.2) is 36.0 Å². The van der Waals surface area contributed by atoms with Crippen LogP contribution in [0.1, 0.15) is 20.3 Å². The van der Waals surface area contributed by atoms with Crippen molar-refractivity contribution in [1.82, 2.24) is 5.32 Å². The zero-order valence-corrected chi connectivity index (χ0v) is 13.9. The highest BCUT2D eigenvalue weighted by Gasteiger charge is 2.23. The molecule has 0 radical (unpaired) electrons. The number of carbonyl (C=O) groups is 2. The molecule has 0 atom stereocenters. The van der Waals surface area contributed by atoms with Gasteiger partial charge >= 0.3 is 0 Å². The van der Waals surface area contributed by atoms with Crippen LogP contribution in [-0.4, -0.2) is 31.6 Å². The second-order valence-corrected chi connectivity index (χ2v) is 4.93. The molecule has 0 aromatic heterocycles. The highest BCUT2D eigenvalue weighted by Crippen LogP contribution is 2.18. The number of hydrogen-bond donors (Lipinski definition) is 2. The zero-order chi connectivity index (χ0) is 17.9. The number of rotatable bonds is 8. The topological polar surface area (TPSA) is 108 Å². The van der Waals surface area contributed by atoms with Gasteiger partial charge < -0.3 is 15.8 Å². The van der Waals surface area contributed by atoms with Gasteiger partial charge in [0, 0.05) is 38.6 Å². The van der Waals surface area contributed by atoms with Crippen LogP contribution < -0.4 is 16.0 Å². The fourth-order valence-corrected chi connectivity index (χ4v) is 1.92. The molecule has 0 saturated heterocycles. The van der Waals surface area contributed by atoms with Gasteiger partial charge in [0.25, 0.3) is 5.91 Å². The Kier molecular flexibility index (Phi) is 8.02. The van der Waals surface area contributed by atoms with Gasteiger partial charge in [-0.05, 0) is 37.6 Å². The SMILES string of the molecule is CCOCCCN/C=C(/C#N)C(=O)N(C(C)=O)c1ccc(N)cc1. The lowest BCUT2D eigenvalue weighted by Gasteiger charge is -2.19. The van der Waals surface area contributed by atoms with Gasteiger partial charge in [0.15, 0.2) is 0 Å². The van der Waals surface area contributed by atoms with E-state index >= 15 is 0 Å². The lowest BCUT2D eigenvalue weighted by Crippen LogP contribution is -2.36. The van der Waals surface area contributed by atoms with E-state index in [9.17, 15) is 14.9 Å². The molecule has 0 bridgehead atoms. The van der Waals surface area contributed by atoms with Crippen LogP contribution in [-0.2, 0) is 14.3 Å². The van der Waals surface area contributed by atoms with Crippen LogP contribution in [0.3, 0.4) is 0 Å². The van der Waals surface area contributed by atoms with Gasteiger partial charge in [-0.25, -0.2) is 4.90 Å². The molecule has 1 rings (SSSR count). The van der Waals surface area contributed by atoms with Crippen LogP contribution in [0, 0.1) is 11.3 Å². The third-order valence-corrected chi connectivity index (χ3v) is 3.08. The largest absolute Gasteiger partial charge is 0.399 e. The first-order valence-corrected chi connectivity index (χ1v) is 7.63. The Hall–Kier alpha value is -2.85. The molecular formula is C17H22N4O3. The van der Waals surface area contributed by atoms with E-state index in [4.69, 9.17) is 10.5 Å². The monoisotopic (exact) mass is 330 g/mol. The smallest absolute Gasteiger partial charge is 0.277 e. The number of nitrogens with one attached hydrogen (secondary N) is 1. The van der Waals surface area contributed by atoms with Crippen molar-refractivity contribution < 1.29 is 14.3 Å². The summed E-state index contributed by atoms with van der Waals surface area (Å²) in [4.78, 5) is 25.3. The Morgan fingerprint density at radius 1 is 1.38 bits per heavy atom. The molecule has 1 aromatic carbocycles. The number of carbonyl (C=O) groups excluding carboxylic acids is 2. The van der Waals surface area contributed by atoms with Gasteiger partial charge in [0.2, 0.25) is 5.91 Å². The van der Waals surface area contributed by atoms with E-state index in [0.717, 1.165) is 11.3 Å². The van der Waals surface area contributed by atoms with Gasteiger partial charge in [-0.1, -0.05) is 0 Å². The molecule has 24 heavy (non-hydrogen) atoms. The Balaban J connectivity index is 2.82. The number of hydrogen-bond acceptors (Lipinski definition) is 6. The molecule has 7 heteroatoms. The minimum absolute atomic E-state index is 0.154. The molecule has 0 spiro atoms. The number of imide groups is 1. The van der Waals surface area contributed by atoms with Gasteiger partial charge in [-0.3, -0.25) is 9.59 Å². The summed E-state index contributed by atoms with van der Waals surface area (Å²) in [5, 5.41) is 12.1. The first-order valence-electron chi connectivity index (χ1n) is 7.63. The molecule has 2 amide bonds. The molecule has 1 aromatic rings. The van der Waals surface area contributed by atoms with Gasteiger partial charge in [-0.2, -0.15) is 5.26 Å². The lowest BCUT2D eigenvalue weighted by molar-refractivity contribution is -0.123. The van der Waals surface area contributed by atoms with Crippen molar-refractivity contribution in [3.63, 3.8) is 0 Å². The minimum atomic E-state index is -0.688. The summed E-state index contributed by atoms with van der Waals surface area (Å²) in [6, 6.07) is 8.10. The van der Waals surface area contributed by atoms with Crippen LogP contribution in [0.2, 0.25) is 0 Å². The molecule has 0 aliphatic carbocycles. The molecule has 128 valence electrons. The second-order valence-electron chi connectivity index (χ2n) is 4.93. The van der Waals surface area contributed by atoms with Crippen molar-refractivity contribution in [2.75, 3.05) is 30.4 Å². The summed E-state index contributed by atoms with van der Waals surface area (Å²) >= 11 is 0. The van der Waals surface area contributed by atoms with Gasteiger partial charge in [0.05, 0.1) is 5.69 Å². The molecule has 0 saturated carbocycles. The van der Waals surface area contributed by atoms with E-state index in [1.165, 1.54) is 13.1 Å². The fraction of sp³-hybridized carbons (Fsp3) is 0.353. The number of amides is 2. The standard InChI is InChI=1S/C17H22N4O3/c1-3-24-10-4-9-20-12-14(11-18)17(23)21(13(2)22)16-7-5-15(19)6-8-16/h5-8,12,20H,3-4,9-10,19H2,1-2H3/b14-12-. The molecule has 3 N–H and O–H groups in total. The Labute approximate surface area is 141 Å². The first kappa shape index (κ1) is 19.2. The number of nitrogens with two attached hydrogens (primary N) is 1. The molecule has 0 aliphatic heterocycles. The summed E-state index contributed by atoms with van der Waals surface area (Å²) < 4.78 is 5.20. The zero-order valence-electron chi connectivity index (χ0n) is 13.9. The van der Waals surface area contributed by atoms with E-state index in [2.05, 4.69) is 5.32 Å². The summed E-state index contributed by atoms with van der Waals surface area (Å²) in [5.41, 5.74) is 6.33. The Bertz CT molecular complexity index is 632. The average Bonchev–Trinajstić information content (AvgIpc) is 2.56. The van der Waals surface area contributed by atoms with Crippen molar-refractivity contribution in [2.24, 2.45) is 0 Å². The number of nitrogen functional groups attached to an aromatic ring is 1. The van der Waals surface area contributed by atoms with Gasteiger partial charge in [0.1, 0.15) is 11.6 Å². The normalized spacial score (nSPS) is 10.8. The van der Waals surface area contributed by atoms with Crippen LogP contribution in [0.5, 0.6) is 0 Å². The molecule has 0 fully saturated rings. The Morgan fingerprint density at radius 2 is 2.04 bits per heavy atom. The second kappa shape index (κ2) is 10.0. The van der Waals surface area contributed by atoms with E-state index in [1.54, 1.807) is 24.3 Å². The maximum Gasteiger partial charge on any atom is 0.277 e. The van der Waals surface area contributed by atoms with E-state index in [-0.39, 0.29) is 5.57 Å². The van der Waals surface area contributed by atoms with E-state index in [0.29, 0.717) is 31.1 Å². The molecular weight excluding hydrogens is 308 g/mol. The molecule has 7 nitrogen and oxygen atoms in total. The van der Waals surface area contributed by atoms with Crippen molar-refractivity contribution in [3.8, 4) is 6.07 Å². The Morgan fingerprint density at radius 3 is 2.58 bits per heavy atom. The summed E-state index contributed by atoms with van der Waals surface area (Å²) in [6.45, 7) is 4.97. The molecule has 0 aliphatic rings. The van der Waals surface area contributed by atoms with Gasteiger partial charge in [-0.15, -0.1) is 0 Å². The van der Waals surface area contributed by atoms with E-state index in [1.807, 2.05) is 13.0 Å². The number of nitriles is 1. The van der Waals surface area contributed by atoms with Crippen molar-refractivity contribution in [1.29, 1.82) is 5.26 Å². The fourth-order valence-electron chi connectivity index (χ4n) is 1.92.